The van der Waals surface area contributed by atoms with Gasteiger partial charge in [-0.3, -0.25) is 4.79 Å². The van der Waals surface area contributed by atoms with Crippen LogP contribution in [0.1, 0.15) is 58.1 Å². The summed E-state index contributed by atoms with van der Waals surface area (Å²) in [5, 5.41) is 0.748. The highest BCUT2D eigenvalue weighted by atomic mass is 35.5. The van der Waals surface area contributed by atoms with Crippen LogP contribution in [-0.4, -0.2) is 16.8 Å². The number of carbonyl (C=O) groups excluding carboxylic acids is 1. The molecule has 1 aliphatic rings. The Morgan fingerprint density at radius 1 is 1.20 bits per heavy atom. The summed E-state index contributed by atoms with van der Waals surface area (Å²) in [6.45, 7) is 6.38. The van der Waals surface area contributed by atoms with E-state index in [1.165, 1.54) is 5.56 Å². The zero-order valence-corrected chi connectivity index (χ0v) is 13.4. The first-order valence-corrected chi connectivity index (χ1v) is 8.03. The Morgan fingerprint density at radius 3 is 2.35 bits per heavy atom. The van der Waals surface area contributed by atoms with Gasteiger partial charge in [0.2, 0.25) is 5.91 Å². The van der Waals surface area contributed by atoms with Crippen molar-refractivity contribution in [2.75, 3.05) is 0 Å². The van der Waals surface area contributed by atoms with Crippen molar-refractivity contribution < 1.29 is 4.79 Å². The number of hydrogen-bond donors (Lipinski definition) is 0. The lowest BCUT2D eigenvalue weighted by atomic mass is 9.87. The molecule has 1 fully saturated rings. The van der Waals surface area contributed by atoms with E-state index in [1.807, 2.05) is 12.1 Å². The fraction of sp³-hybridized carbons (Fsp3) is 0.588. The van der Waals surface area contributed by atoms with Gasteiger partial charge >= 0.3 is 0 Å². The molecule has 2 nitrogen and oxygen atoms in total. The summed E-state index contributed by atoms with van der Waals surface area (Å²) in [5.41, 5.74) is 1.21. The molecular weight excluding hydrogens is 270 g/mol. The van der Waals surface area contributed by atoms with Crippen LogP contribution >= 0.6 is 11.6 Å². The third kappa shape index (κ3) is 3.01. The van der Waals surface area contributed by atoms with Gasteiger partial charge in [-0.05, 0) is 43.4 Å². The lowest BCUT2D eigenvalue weighted by molar-refractivity contribution is -0.144. The SMILES string of the molecule is CCC(CC)N1C(=O)C(C)CCC1c1ccc(Cl)cc1. The van der Waals surface area contributed by atoms with Crippen molar-refractivity contribution in [2.45, 2.75) is 58.5 Å². The molecule has 0 aliphatic carbocycles. The number of carbonyl (C=O) groups is 1. The molecule has 1 aromatic carbocycles. The second kappa shape index (κ2) is 6.62. The van der Waals surface area contributed by atoms with Gasteiger partial charge in [0.1, 0.15) is 0 Å². The first-order valence-electron chi connectivity index (χ1n) is 7.66. The minimum absolute atomic E-state index is 0.152. The normalized spacial score (nSPS) is 23.4. The third-order valence-electron chi connectivity index (χ3n) is 4.48. The fourth-order valence-electron chi connectivity index (χ4n) is 3.21. The molecule has 0 spiro atoms. The lowest BCUT2D eigenvalue weighted by Crippen LogP contribution is -2.48. The lowest BCUT2D eigenvalue weighted by Gasteiger charge is -2.43. The van der Waals surface area contributed by atoms with Crippen LogP contribution < -0.4 is 0 Å². The number of piperidine rings is 1. The van der Waals surface area contributed by atoms with Crippen LogP contribution in [0.25, 0.3) is 0 Å². The summed E-state index contributed by atoms with van der Waals surface area (Å²) >= 11 is 5.98. The Kier molecular flexibility index (Phi) is 5.09. The van der Waals surface area contributed by atoms with Crippen molar-refractivity contribution in [3.8, 4) is 0 Å². The quantitative estimate of drug-likeness (QED) is 0.779. The average Bonchev–Trinajstić information content (AvgIpc) is 2.46. The Hall–Kier alpha value is -1.02. The maximum atomic E-state index is 12.6. The largest absolute Gasteiger partial charge is 0.332 e. The molecule has 2 unspecified atom stereocenters. The van der Waals surface area contributed by atoms with E-state index in [0.717, 1.165) is 30.7 Å². The molecule has 1 amide bonds. The van der Waals surface area contributed by atoms with Crippen LogP contribution in [0.15, 0.2) is 24.3 Å². The summed E-state index contributed by atoms with van der Waals surface area (Å²) in [4.78, 5) is 14.8. The Morgan fingerprint density at radius 2 is 1.80 bits per heavy atom. The molecule has 2 atom stereocenters. The van der Waals surface area contributed by atoms with Crippen molar-refractivity contribution in [1.82, 2.24) is 4.90 Å². The third-order valence-corrected chi connectivity index (χ3v) is 4.73. The van der Waals surface area contributed by atoms with Crippen molar-refractivity contribution in [3.05, 3.63) is 34.9 Å². The van der Waals surface area contributed by atoms with Crippen LogP contribution in [0.5, 0.6) is 0 Å². The predicted molar refractivity (Wildman–Crippen MR) is 83.8 cm³/mol. The number of likely N-dealkylation sites (tertiary alicyclic amines) is 1. The summed E-state index contributed by atoms with van der Waals surface area (Å²) in [6, 6.07) is 8.51. The van der Waals surface area contributed by atoms with Crippen LogP contribution in [0.3, 0.4) is 0 Å². The van der Waals surface area contributed by atoms with Gasteiger partial charge in [-0.25, -0.2) is 0 Å². The van der Waals surface area contributed by atoms with E-state index >= 15 is 0 Å². The van der Waals surface area contributed by atoms with Gasteiger partial charge in [-0.15, -0.1) is 0 Å². The Labute approximate surface area is 127 Å². The van der Waals surface area contributed by atoms with E-state index in [1.54, 1.807) is 0 Å². The van der Waals surface area contributed by atoms with Crippen molar-refractivity contribution in [2.24, 2.45) is 5.92 Å². The van der Waals surface area contributed by atoms with E-state index < -0.39 is 0 Å². The molecule has 2 rings (SSSR count). The van der Waals surface area contributed by atoms with Gasteiger partial charge in [-0.2, -0.15) is 0 Å². The number of rotatable bonds is 4. The number of nitrogens with zero attached hydrogens (tertiary/aromatic N) is 1. The Bertz CT molecular complexity index is 453. The minimum Gasteiger partial charge on any atom is -0.332 e. The highest BCUT2D eigenvalue weighted by Gasteiger charge is 2.36. The summed E-state index contributed by atoms with van der Waals surface area (Å²) < 4.78 is 0. The molecule has 0 bridgehead atoms. The van der Waals surface area contributed by atoms with Crippen LogP contribution in [0.4, 0.5) is 0 Å². The molecule has 20 heavy (non-hydrogen) atoms. The van der Waals surface area contributed by atoms with Crippen LogP contribution in [0.2, 0.25) is 5.02 Å². The highest BCUT2D eigenvalue weighted by molar-refractivity contribution is 6.30. The van der Waals surface area contributed by atoms with Gasteiger partial charge in [0.15, 0.2) is 0 Å². The monoisotopic (exact) mass is 293 g/mol. The second-order valence-corrected chi connectivity index (χ2v) is 6.20. The topological polar surface area (TPSA) is 20.3 Å². The molecule has 0 N–H and O–H groups in total. The number of halogens is 1. The number of amides is 1. The molecule has 0 radical (unpaired) electrons. The van der Waals surface area contributed by atoms with Crippen molar-refractivity contribution in [3.63, 3.8) is 0 Å². The fourth-order valence-corrected chi connectivity index (χ4v) is 3.33. The van der Waals surface area contributed by atoms with E-state index in [9.17, 15) is 4.79 Å². The predicted octanol–water partition coefficient (Wildman–Crippen LogP) is 4.83. The first-order chi connectivity index (χ1) is 9.58. The van der Waals surface area contributed by atoms with Crippen molar-refractivity contribution in [1.29, 1.82) is 0 Å². The molecule has 3 heteroatoms. The van der Waals surface area contributed by atoms with Gasteiger partial charge < -0.3 is 4.90 Å². The van der Waals surface area contributed by atoms with Gasteiger partial charge in [0, 0.05) is 17.0 Å². The maximum absolute atomic E-state index is 12.6. The molecule has 0 saturated carbocycles. The average molecular weight is 294 g/mol. The van der Waals surface area contributed by atoms with E-state index in [-0.39, 0.29) is 12.0 Å². The standard InChI is InChI=1S/C17H24ClNO/c1-4-15(5-2)19-16(11-6-12(3)17(19)20)13-7-9-14(18)10-8-13/h7-10,12,15-16H,4-6,11H2,1-3H3. The van der Waals surface area contributed by atoms with Gasteiger partial charge in [-0.1, -0.05) is 44.5 Å². The van der Waals surface area contributed by atoms with Crippen LogP contribution in [-0.2, 0) is 4.79 Å². The van der Waals surface area contributed by atoms with Gasteiger partial charge in [0.25, 0.3) is 0 Å². The highest BCUT2D eigenvalue weighted by Crippen LogP contribution is 2.37. The molecular formula is C17H24ClNO. The van der Waals surface area contributed by atoms with E-state index in [0.29, 0.717) is 11.9 Å². The first kappa shape index (κ1) is 15.4. The molecule has 1 aliphatic heterocycles. The zero-order valence-electron chi connectivity index (χ0n) is 12.6. The summed E-state index contributed by atoms with van der Waals surface area (Å²) in [5.74, 6) is 0.462. The zero-order chi connectivity index (χ0) is 14.7. The van der Waals surface area contributed by atoms with Gasteiger partial charge in [0.05, 0.1) is 6.04 Å². The molecule has 1 saturated heterocycles. The molecule has 1 heterocycles. The molecule has 110 valence electrons. The molecule has 0 aromatic heterocycles. The van der Waals surface area contributed by atoms with Crippen molar-refractivity contribution >= 4 is 17.5 Å². The van der Waals surface area contributed by atoms with E-state index in [4.69, 9.17) is 11.6 Å². The smallest absolute Gasteiger partial charge is 0.226 e. The minimum atomic E-state index is 0.152. The summed E-state index contributed by atoms with van der Waals surface area (Å²) in [6.07, 6.45) is 4.05. The van der Waals surface area contributed by atoms with E-state index in [2.05, 4.69) is 37.8 Å². The Balaban J connectivity index is 2.33. The van der Waals surface area contributed by atoms with Crippen LogP contribution in [0, 0.1) is 5.92 Å². The molecule has 1 aromatic rings. The second-order valence-electron chi connectivity index (χ2n) is 5.76. The maximum Gasteiger partial charge on any atom is 0.226 e. The number of benzene rings is 1. The number of hydrogen-bond acceptors (Lipinski definition) is 1. The summed E-state index contributed by atoms with van der Waals surface area (Å²) in [7, 11) is 0.